The fourth-order valence-electron chi connectivity index (χ4n) is 5.86. The van der Waals surface area contributed by atoms with Crippen molar-refractivity contribution in [3.8, 4) is 5.75 Å². The quantitative estimate of drug-likeness (QED) is 0.549. The van der Waals surface area contributed by atoms with Gasteiger partial charge in [-0.15, -0.1) is 0 Å². The number of rotatable bonds is 7. The average molecular weight is 499 g/mol. The molecule has 1 heterocycles. The van der Waals surface area contributed by atoms with Crippen molar-refractivity contribution in [1.29, 1.82) is 0 Å². The van der Waals surface area contributed by atoms with Gasteiger partial charge in [-0.3, -0.25) is 4.79 Å². The topological polar surface area (TPSA) is 102 Å². The summed E-state index contributed by atoms with van der Waals surface area (Å²) in [5.41, 5.74) is 2.87. The summed E-state index contributed by atoms with van der Waals surface area (Å²) in [5.74, 6) is 0.148. The number of benzene rings is 1. The molecule has 0 saturated carbocycles. The van der Waals surface area contributed by atoms with Crippen LogP contribution in [-0.2, 0) is 19.1 Å². The number of cyclic esters (lactones) is 1. The molecule has 0 radical (unpaired) electrons. The zero-order valence-corrected chi connectivity index (χ0v) is 21.6. The van der Waals surface area contributed by atoms with Crippen LogP contribution in [0.25, 0.3) is 0 Å². The Morgan fingerprint density at radius 2 is 1.89 bits per heavy atom. The normalized spacial score (nSPS) is 32.7. The van der Waals surface area contributed by atoms with Crippen LogP contribution in [0.3, 0.4) is 0 Å². The van der Waals surface area contributed by atoms with E-state index in [-0.39, 0.29) is 36.2 Å². The largest absolute Gasteiger partial charge is 0.478 e. The highest BCUT2D eigenvalue weighted by Crippen LogP contribution is 2.44. The molecule has 7 heteroatoms. The van der Waals surface area contributed by atoms with Crippen molar-refractivity contribution in [2.75, 3.05) is 0 Å². The Hall–Kier alpha value is -2.64. The molecule has 1 aromatic carbocycles. The molecule has 2 aliphatic carbocycles. The number of esters is 2. The maximum atomic E-state index is 13.1. The number of hydrogen-bond donors (Lipinski definition) is 2. The van der Waals surface area contributed by atoms with Crippen LogP contribution < -0.4 is 4.74 Å². The van der Waals surface area contributed by atoms with Gasteiger partial charge in [0.1, 0.15) is 18.0 Å². The minimum Gasteiger partial charge on any atom is -0.478 e. The van der Waals surface area contributed by atoms with E-state index < -0.39 is 30.4 Å². The first kappa shape index (κ1) is 26.4. The Balaban J connectivity index is 1.47. The fourth-order valence-corrected chi connectivity index (χ4v) is 5.86. The maximum absolute atomic E-state index is 13.1. The molecule has 8 atom stereocenters. The van der Waals surface area contributed by atoms with Crippen LogP contribution in [0.4, 0.5) is 0 Å². The molecule has 4 rings (SSSR count). The monoisotopic (exact) mass is 498 g/mol. The summed E-state index contributed by atoms with van der Waals surface area (Å²) in [7, 11) is 0. The molecular formula is C29H38O7. The van der Waals surface area contributed by atoms with Crippen LogP contribution in [0.2, 0.25) is 0 Å². The summed E-state index contributed by atoms with van der Waals surface area (Å²) in [4.78, 5) is 24.9. The number of carbonyl (C=O) groups excluding carboxylic acids is 2. The van der Waals surface area contributed by atoms with E-state index in [0.717, 1.165) is 23.1 Å². The summed E-state index contributed by atoms with van der Waals surface area (Å²) >= 11 is 0. The Labute approximate surface area is 213 Å². The molecule has 7 nitrogen and oxygen atoms in total. The van der Waals surface area contributed by atoms with Gasteiger partial charge in [0.2, 0.25) is 0 Å². The van der Waals surface area contributed by atoms with Crippen molar-refractivity contribution in [3.05, 3.63) is 53.1 Å². The number of fused-ring (bicyclic) bond motifs is 1. The molecule has 0 spiro atoms. The van der Waals surface area contributed by atoms with Crippen LogP contribution in [0.1, 0.15) is 57.1 Å². The van der Waals surface area contributed by atoms with E-state index in [1.165, 1.54) is 0 Å². The first-order valence-corrected chi connectivity index (χ1v) is 13.0. The molecule has 0 bridgehead atoms. The van der Waals surface area contributed by atoms with Gasteiger partial charge >= 0.3 is 11.9 Å². The first-order chi connectivity index (χ1) is 17.1. The molecule has 0 aromatic heterocycles. The van der Waals surface area contributed by atoms with Crippen LogP contribution in [0, 0.1) is 31.6 Å². The number of ether oxygens (including phenoxy) is 3. The first-order valence-electron chi connectivity index (χ1n) is 13.0. The van der Waals surface area contributed by atoms with Crippen LogP contribution in [-0.4, -0.2) is 52.7 Å². The standard InChI is InChI=1S/C29H38O7/c1-16-8-9-20-12-21(30)14-25(27(20)24(16)11-10-23-13-22(31)15-26(32)35-23)36-29(33)19(4)34-28-17(2)6-5-7-18(28)3/h5-9,12,16,19,21-25,27,30-31H,10-11,13-15H2,1-4H3/t16-,19?,21+,22+,23+,24-,25-,27-/m0/s1. The molecule has 1 fully saturated rings. The predicted octanol–water partition coefficient (Wildman–Crippen LogP) is 3.96. The number of aliphatic hydroxyl groups is 2. The van der Waals surface area contributed by atoms with Gasteiger partial charge < -0.3 is 24.4 Å². The molecule has 3 aliphatic rings. The van der Waals surface area contributed by atoms with Gasteiger partial charge in [0.25, 0.3) is 0 Å². The third-order valence-corrected chi connectivity index (χ3v) is 7.73. The van der Waals surface area contributed by atoms with Gasteiger partial charge in [0, 0.05) is 18.8 Å². The maximum Gasteiger partial charge on any atom is 0.347 e. The SMILES string of the molecule is Cc1cccc(C)c1OC(C)C(=O)O[C@H]1C[C@H](O)C=C2C=C[C@H](C)[C@H](CC[C@@H]3C[C@@H](O)CC(=O)O3)[C@H]21. The van der Waals surface area contributed by atoms with E-state index >= 15 is 0 Å². The second-order valence-corrected chi connectivity index (χ2v) is 10.6. The van der Waals surface area contributed by atoms with E-state index in [9.17, 15) is 19.8 Å². The number of allylic oxidation sites excluding steroid dienone is 2. The van der Waals surface area contributed by atoms with Gasteiger partial charge in [-0.2, -0.15) is 0 Å². The van der Waals surface area contributed by atoms with Crippen LogP contribution in [0.15, 0.2) is 42.0 Å². The highest BCUT2D eigenvalue weighted by atomic mass is 16.6. The summed E-state index contributed by atoms with van der Waals surface area (Å²) in [6.45, 7) is 7.71. The Kier molecular flexibility index (Phi) is 8.20. The van der Waals surface area contributed by atoms with Crippen molar-refractivity contribution in [1.82, 2.24) is 0 Å². The summed E-state index contributed by atoms with van der Waals surface area (Å²) in [6.07, 6.45) is 5.23. The molecule has 36 heavy (non-hydrogen) atoms. The van der Waals surface area contributed by atoms with Crippen LogP contribution in [0.5, 0.6) is 5.75 Å². The molecule has 0 amide bonds. The van der Waals surface area contributed by atoms with E-state index in [0.29, 0.717) is 25.0 Å². The molecule has 1 unspecified atom stereocenters. The highest BCUT2D eigenvalue weighted by molar-refractivity contribution is 5.75. The number of para-hydroxylation sites is 1. The smallest absolute Gasteiger partial charge is 0.347 e. The number of aliphatic hydroxyl groups excluding tert-OH is 2. The van der Waals surface area contributed by atoms with E-state index in [2.05, 4.69) is 13.0 Å². The number of aryl methyl sites for hydroxylation is 2. The molecule has 1 aromatic rings. The van der Waals surface area contributed by atoms with Crippen molar-refractivity contribution in [2.45, 2.75) is 90.3 Å². The zero-order chi connectivity index (χ0) is 26.0. The summed E-state index contributed by atoms with van der Waals surface area (Å²) in [6, 6.07) is 5.83. The van der Waals surface area contributed by atoms with Crippen molar-refractivity contribution in [2.24, 2.45) is 17.8 Å². The van der Waals surface area contributed by atoms with Crippen LogP contribution >= 0.6 is 0 Å². The van der Waals surface area contributed by atoms with Gasteiger partial charge in [-0.25, -0.2) is 4.79 Å². The van der Waals surface area contributed by atoms with E-state index in [4.69, 9.17) is 14.2 Å². The lowest BCUT2D eigenvalue weighted by molar-refractivity contribution is -0.164. The third kappa shape index (κ3) is 6.01. The second-order valence-electron chi connectivity index (χ2n) is 10.6. The molecule has 196 valence electrons. The molecular weight excluding hydrogens is 460 g/mol. The second kappa shape index (κ2) is 11.2. The van der Waals surface area contributed by atoms with Gasteiger partial charge in [0.15, 0.2) is 6.10 Å². The van der Waals surface area contributed by atoms with Crippen molar-refractivity contribution >= 4 is 11.9 Å². The van der Waals surface area contributed by atoms with Crippen molar-refractivity contribution < 1.29 is 34.0 Å². The average Bonchev–Trinajstić information content (AvgIpc) is 2.80. The lowest BCUT2D eigenvalue weighted by Crippen LogP contribution is -2.44. The Morgan fingerprint density at radius 1 is 1.17 bits per heavy atom. The number of carbonyl (C=O) groups is 2. The minimum absolute atomic E-state index is 0.0484. The fraction of sp³-hybridized carbons (Fsp3) is 0.586. The van der Waals surface area contributed by atoms with E-state index in [1.807, 2.05) is 44.2 Å². The third-order valence-electron chi connectivity index (χ3n) is 7.73. The Morgan fingerprint density at radius 3 is 2.58 bits per heavy atom. The summed E-state index contributed by atoms with van der Waals surface area (Å²) < 4.78 is 17.5. The minimum atomic E-state index is -0.797. The Bertz CT molecular complexity index is 1010. The molecule has 2 N–H and O–H groups in total. The zero-order valence-electron chi connectivity index (χ0n) is 21.6. The molecule has 1 aliphatic heterocycles. The number of hydrogen-bond acceptors (Lipinski definition) is 7. The highest BCUT2D eigenvalue weighted by Gasteiger charge is 2.43. The molecule has 1 saturated heterocycles. The van der Waals surface area contributed by atoms with Crippen molar-refractivity contribution in [3.63, 3.8) is 0 Å². The van der Waals surface area contributed by atoms with Gasteiger partial charge in [-0.1, -0.05) is 43.4 Å². The predicted molar refractivity (Wildman–Crippen MR) is 134 cm³/mol. The lowest BCUT2D eigenvalue weighted by Gasteiger charge is -2.43. The van der Waals surface area contributed by atoms with E-state index in [1.54, 1.807) is 6.92 Å². The lowest BCUT2D eigenvalue weighted by atomic mass is 9.66. The summed E-state index contributed by atoms with van der Waals surface area (Å²) in [5, 5.41) is 20.5. The van der Waals surface area contributed by atoms with Gasteiger partial charge in [0.05, 0.1) is 18.6 Å². The van der Waals surface area contributed by atoms with Gasteiger partial charge in [-0.05, 0) is 62.1 Å².